The van der Waals surface area contributed by atoms with Gasteiger partial charge >= 0.3 is 0 Å². The van der Waals surface area contributed by atoms with Gasteiger partial charge in [0.2, 0.25) is 0 Å². The van der Waals surface area contributed by atoms with Crippen LogP contribution in [0.5, 0.6) is 0 Å². The van der Waals surface area contributed by atoms with Gasteiger partial charge in [-0.15, -0.1) is 16.6 Å². The number of anilines is 1. The SMILES string of the molecule is C#CCNC(=O)c1nnc2c(CCCCC)cccc2c1N. The third-order valence-electron chi connectivity index (χ3n) is 3.53. The number of amides is 1. The van der Waals surface area contributed by atoms with E-state index in [1.165, 1.54) is 6.42 Å². The van der Waals surface area contributed by atoms with Gasteiger partial charge in [-0.3, -0.25) is 4.79 Å². The first-order chi connectivity index (χ1) is 10.7. The van der Waals surface area contributed by atoms with E-state index in [0.29, 0.717) is 5.69 Å². The Kier molecular flexibility index (Phi) is 5.31. The largest absolute Gasteiger partial charge is 0.396 e. The van der Waals surface area contributed by atoms with Crippen molar-refractivity contribution >= 4 is 22.5 Å². The summed E-state index contributed by atoms with van der Waals surface area (Å²) < 4.78 is 0. The molecule has 2 aromatic rings. The molecule has 0 radical (unpaired) electrons. The van der Waals surface area contributed by atoms with Crippen LogP contribution in [0.1, 0.15) is 42.2 Å². The minimum atomic E-state index is -0.402. The highest BCUT2D eigenvalue weighted by molar-refractivity contribution is 6.05. The van der Waals surface area contributed by atoms with Gasteiger partial charge in [0, 0.05) is 5.39 Å². The lowest BCUT2D eigenvalue weighted by Crippen LogP contribution is -2.26. The first-order valence-electron chi connectivity index (χ1n) is 7.44. The molecule has 0 bridgehead atoms. The molecule has 0 spiro atoms. The Labute approximate surface area is 130 Å². The molecule has 1 amide bonds. The quantitative estimate of drug-likeness (QED) is 0.633. The number of benzene rings is 1. The Balaban J connectivity index is 2.36. The summed E-state index contributed by atoms with van der Waals surface area (Å²) >= 11 is 0. The molecular formula is C17H20N4O. The topological polar surface area (TPSA) is 80.9 Å². The number of terminal acetylenes is 1. The second kappa shape index (κ2) is 7.41. The summed E-state index contributed by atoms with van der Waals surface area (Å²) in [6.07, 6.45) is 9.50. The molecule has 5 nitrogen and oxygen atoms in total. The van der Waals surface area contributed by atoms with Gasteiger partial charge in [-0.05, 0) is 18.4 Å². The smallest absolute Gasteiger partial charge is 0.274 e. The molecule has 0 aliphatic heterocycles. The van der Waals surface area contributed by atoms with Crippen molar-refractivity contribution in [1.29, 1.82) is 0 Å². The van der Waals surface area contributed by atoms with E-state index in [1.54, 1.807) is 0 Å². The number of nitrogens with two attached hydrogens (primary N) is 1. The molecule has 1 heterocycles. The van der Waals surface area contributed by atoms with Crippen LogP contribution >= 0.6 is 0 Å². The van der Waals surface area contributed by atoms with Crippen LogP contribution in [0.25, 0.3) is 10.9 Å². The molecule has 1 aromatic carbocycles. The maximum absolute atomic E-state index is 12.0. The molecule has 2 rings (SSSR count). The minimum absolute atomic E-state index is 0.119. The monoisotopic (exact) mass is 296 g/mol. The zero-order valence-electron chi connectivity index (χ0n) is 12.7. The van der Waals surface area contributed by atoms with E-state index in [-0.39, 0.29) is 12.2 Å². The summed E-state index contributed by atoms with van der Waals surface area (Å²) in [6.45, 7) is 2.30. The van der Waals surface area contributed by atoms with Crippen molar-refractivity contribution in [3.8, 4) is 12.3 Å². The standard InChI is InChI=1S/C17H20N4O/c1-3-5-6-8-12-9-7-10-13-14(18)16(21-20-15(12)13)17(22)19-11-4-2/h2,7,9-10H,3,5-6,8,11H2,1H3,(H2,18,20)(H,19,22). The Bertz CT molecular complexity index is 718. The van der Waals surface area contributed by atoms with Gasteiger partial charge in [-0.2, -0.15) is 0 Å². The fourth-order valence-electron chi connectivity index (χ4n) is 2.36. The number of carbonyl (C=O) groups excluding carboxylic acids is 1. The summed E-state index contributed by atoms with van der Waals surface area (Å²) in [5.41, 5.74) is 8.44. The molecule has 0 aliphatic rings. The zero-order valence-corrected chi connectivity index (χ0v) is 12.7. The fourth-order valence-corrected chi connectivity index (χ4v) is 2.36. The van der Waals surface area contributed by atoms with E-state index in [0.717, 1.165) is 35.7 Å². The first-order valence-corrected chi connectivity index (χ1v) is 7.44. The number of carbonyl (C=O) groups is 1. The third-order valence-corrected chi connectivity index (χ3v) is 3.53. The van der Waals surface area contributed by atoms with Crippen molar-refractivity contribution in [1.82, 2.24) is 15.5 Å². The molecule has 1 aromatic heterocycles. The molecule has 0 saturated heterocycles. The van der Waals surface area contributed by atoms with E-state index >= 15 is 0 Å². The summed E-state index contributed by atoms with van der Waals surface area (Å²) in [5.74, 6) is 1.94. The molecule has 22 heavy (non-hydrogen) atoms. The highest BCUT2D eigenvalue weighted by Crippen LogP contribution is 2.25. The molecule has 3 N–H and O–H groups in total. The number of nitrogens with one attached hydrogen (secondary N) is 1. The fraction of sp³-hybridized carbons (Fsp3) is 0.353. The first kappa shape index (κ1) is 15.8. The highest BCUT2D eigenvalue weighted by Gasteiger charge is 2.16. The molecule has 0 fully saturated rings. The molecule has 0 unspecified atom stereocenters. The Morgan fingerprint density at radius 1 is 1.36 bits per heavy atom. The number of nitrogens with zero attached hydrogens (tertiary/aromatic N) is 2. The van der Waals surface area contributed by atoms with E-state index in [4.69, 9.17) is 12.2 Å². The van der Waals surface area contributed by atoms with Gasteiger partial charge in [0.05, 0.1) is 17.7 Å². The van der Waals surface area contributed by atoms with Crippen LogP contribution in [0.2, 0.25) is 0 Å². The zero-order chi connectivity index (χ0) is 15.9. The normalized spacial score (nSPS) is 10.4. The second-order valence-electron chi connectivity index (χ2n) is 5.12. The van der Waals surface area contributed by atoms with Crippen molar-refractivity contribution < 1.29 is 4.79 Å². The number of aromatic nitrogens is 2. The Hall–Kier alpha value is -2.61. The predicted octanol–water partition coefficient (Wildman–Crippen LogP) is 2.31. The van der Waals surface area contributed by atoms with Crippen LogP contribution in [0, 0.1) is 12.3 Å². The maximum Gasteiger partial charge on any atom is 0.274 e. The van der Waals surface area contributed by atoms with E-state index < -0.39 is 5.91 Å². The van der Waals surface area contributed by atoms with Gasteiger partial charge < -0.3 is 11.1 Å². The lowest BCUT2D eigenvalue weighted by atomic mass is 10.0. The number of hydrogen-bond acceptors (Lipinski definition) is 4. The number of aryl methyl sites for hydroxylation is 1. The molecule has 0 atom stereocenters. The number of unbranched alkanes of at least 4 members (excludes halogenated alkanes) is 2. The van der Waals surface area contributed by atoms with Gasteiger partial charge in [0.15, 0.2) is 5.69 Å². The van der Waals surface area contributed by atoms with Crippen LogP contribution in [-0.2, 0) is 6.42 Å². The van der Waals surface area contributed by atoms with Crippen molar-refractivity contribution in [3.63, 3.8) is 0 Å². The molecular weight excluding hydrogens is 276 g/mol. The second-order valence-corrected chi connectivity index (χ2v) is 5.12. The number of nitrogen functional groups attached to an aromatic ring is 1. The molecule has 0 saturated carbocycles. The summed E-state index contributed by atoms with van der Waals surface area (Å²) in [7, 11) is 0. The summed E-state index contributed by atoms with van der Waals surface area (Å²) in [6, 6.07) is 5.83. The number of hydrogen-bond donors (Lipinski definition) is 2. The predicted molar refractivity (Wildman–Crippen MR) is 88.3 cm³/mol. The van der Waals surface area contributed by atoms with Gasteiger partial charge in [0.1, 0.15) is 0 Å². The summed E-state index contributed by atoms with van der Waals surface area (Å²) in [5, 5.41) is 11.5. The van der Waals surface area contributed by atoms with Crippen molar-refractivity contribution in [2.24, 2.45) is 0 Å². The maximum atomic E-state index is 12.0. The Morgan fingerprint density at radius 3 is 2.91 bits per heavy atom. The lowest BCUT2D eigenvalue weighted by Gasteiger charge is -2.09. The average molecular weight is 296 g/mol. The average Bonchev–Trinajstić information content (AvgIpc) is 2.53. The van der Waals surface area contributed by atoms with Crippen LogP contribution in [0.15, 0.2) is 18.2 Å². The number of fused-ring (bicyclic) bond motifs is 1. The Morgan fingerprint density at radius 2 is 2.18 bits per heavy atom. The van der Waals surface area contributed by atoms with Gasteiger partial charge in [-0.1, -0.05) is 43.9 Å². The van der Waals surface area contributed by atoms with Crippen molar-refractivity contribution in [3.05, 3.63) is 29.5 Å². The van der Waals surface area contributed by atoms with E-state index in [1.807, 2.05) is 18.2 Å². The summed E-state index contributed by atoms with van der Waals surface area (Å²) in [4.78, 5) is 12.0. The lowest BCUT2D eigenvalue weighted by molar-refractivity contribution is 0.0954. The molecule has 5 heteroatoms. The highest BCUT2D eigenvalue weighted by atomic mass is 16.1. The van der Waals surface area contributed by atoms with Gasteiger partial charge in [0.25, 0.3) is 5.91 Å². The van der Waals surface area contributed by atoms with E-state index in [2.05, 4.69) is 28.4 Å². The molecule has 0 aliphatic carbocycles. The van der Waals surface area contributed by atoms with Crippen LogP contribution < -0.4 is 11.1 Å². The minimum Gasteiger partial charge on any atom is -0.396 e. The van der Waals surface area contributed by atoms with Crippen molar-refractivity contribution in [2.75, 3.05) is 12.3 Å². The van der Waals surface area contributed by atoms with Crippen LogP contribution in [-0.4, -0.2) is 22.6 Å². The van der Waals surface area contributed by atoms with Gasteiger partial charge in [-0.25, -0.2) is 0 Å². The van der Waals surface area contributed by atoms with Crippen molar-refractivity contribution in [2.45, 2.75) is 32.6 Å². The third kappa shape index (κ3) is 3.34. The van der Waals surface area contributed by atoms with Crippen LogP contribution in [0.4, 0.5) is 5.69 Å². The number of rotatable bonds is 6. The van der Waals surface area contributed by atoms with Crippen LogP contribution in [0.3, 0.4) is 0 Å². The van der Waals surface area contributed by atoms with E-state index in [9.17, 15) is 4.79 Å². The molecule has 114 valence electrons.